The number of aldehydes is 1. The number of rotatable bonds is 7. The zero-order valence-corrected chi connectivity index (χ0v) is 18.6. The number of carbonyl (C=O) groups excluding carboxylic acids is 1. The molecule has 2 aromatic carbocycles. The molecule has 3 rings (SSSR count). The number of benzene rings is 2. The minimum Gasteiger partial charge on any atom is -0.398 e. The van der Waals surface area contributed by atoms with Gasteiger partial charge in [-0.15, -0.1) is 0 Å². The Labute approximate surface area is 185 Å². The lowest BCUT2D eigenvalue weighted by Gasteiger charge is -2.47. The molecular weight excluding hydrogens is 394 g/mol. The van der Waals surface area contributed by atoms with Gasteiger partial charge in [0.25, 0.3) is 0 Å². The van der Waals surface area contributed by atoms with Crippen LogP contribution in [-0.2, 0) is 17.8 Å². The lowest BCUT2D eigenvalue weighted by atomic mass is 9.88. The number of carbonyl (C=O) groups is 1. The zero-order chi connectivity index (χ0) is 22.8. The Hall–Kier alpha value is -2.22. The highest BCUT2D eigenvalue weighted by Gasteiger charge is 2.37. The third-order valence-corrected chi connectivity index (χ3v) is 5.32. The standard InChI is InChI=1S/C24H30BFN2O3/c1-23(2)14-28(15-24(3,4)31-23)12-16-8-9-17(19(26)10-16)11-27-20-7-5-6-18(13-29)21(20)22(25)30/h5-10,13,22,27,30H,11-12,14-15H2,1-4H3. The second kappa shape index (κ2) is 9.11. The topological polar surface area (TPSA) is 61.8 Å². The number of hydrogen-bond acceptors (Lipinski definition) is 5. The fourth-order valence-electron chi connectivity index (χ4n) is 4.51. The van der Waals surface area contributed by atoms with Crippen molar-refractivity contribution in [2.75, 3.05) is 18.4 Å². The van der Waals surface area contributed by atoms with E-state index in [1.54, 1.807) is 30.3 Å². The van der Waals surface area contributed by atoms with Crippen molar-refractivity contribution in [3.8, 4) is 0 Å². The second-order valence-electron chi connectivity index (χ2n) is 9.42. The van der Waals surface area contributed by atoms with Crippen molar-refractivity contribution < 1.29 is 19.0 Å². The summed E-state index contributed by atoms with van der Waals surface area (Å²) in [6.45, 7) is 10.7. The average molecular weight is 424 g/mol. The third kappa shape index (κ3) is 5.94. The van der Waals surface area contributed by atoms with Crippen LogP contribution in [0.25, 0.3) is 0 Å². The van der Waals surface area contributed by atoms with Crippen LogP contribution in [0.15, 0.2) is 36.4 Å². The molecule has 0 amide bonds. The molecule has 1 heterocycles. The van der Waals surface area contributed by atoms with Gasteiger partial charge in [-0.3, -0.25) is 9.69 Å². The number of morpholine rings is 1. The molecule has 5 nitrogen and oxygen atoms in total. The highest BCUT2D eigenvalue weighted by atomic mass is 19.1. The predicted octanol–water partition coefficient (Wildman–Crippen LogP) is 3.80. The minimum absolute atomic E-state index is 0.200. The van der Waals surface area contributed by atoms with E-state index in [4.69, 9.17) is 12.6 Å². The number of anilines is 1. The molecule has 1 atom stereocenters. The first-order valence-corrected chi connectivity index (χ1v) is 10.5. The van der Waals surface area contributed by atoms with Gasteiger partial charge in [0.1, 0.15) is 19.9 Å². The van der Waals surface area contributed by atoms with E-state index in [1.807, 2.05) is 6.07 Å². The van der Waals surface area contributed by atoms with Crippen molar-refractivity contribution in [3.05, 3.63) is 64.5 Å². The molecule has 164 valence electrons. The number of aliphatic hydroxyl groups is 1. The van der Waals surface area contributed by atoms with E-state index in [2.05, 4.69) is 37.9 Å². The number of halogens is 1. The summed E-state index contributed by atoms with van der Waals surface area (Å²) in [7, 11) is 5.61. The number of nitrogens with zero attached hydrogens (tertiary/aromatic N) is 1. The fourth-order valence-corrected chi connectivity index (χ4v) is 4.51. The van der Waals surface area contributed by atoms with Crippen LogP contribution >= 0.6 is 0 Å². The number of hydrogen-bond donors (Lipinski definition) is 2. The van der Waals surface area contributed by atoms with Gasteiger partial charge in [0.2, 0.25) is 0 Å². The van der Waals surface area contributed by atoms with Crippen LogP contribution in [0, 0.1) is 5.82 Å². The summed E-state index contributed by atoms with van der Waals surface area (Å²) in [5.74, 6) is -0.307. The molecule has 1 saturated heterocycles. The molecule has 7 heteroatoms. The molecule has 0 bridgehead atoms. The van der Waals surface area contributed by atoms with E-state index in [9.17, 15) is 14.3 Å². The minimum atomic E-state index is -1.31. The van der Waals surface area contributed by atoms with Crippen LogP contribution in [0.5, 0.6) is 0 Å². The predicted molar refractivity (Wildman–Crippen MR) is 121 cm³/mol. The smallest absolute Gasteiger partial charge is 0.150 e. The molecule has 2 radical (unpaired) electrons. The molecule has 0 spiro atoms. The lowest BCUT2D eigenvalue weighted by molar-refractivity contribution is -0.182. The molecule has 31 heavy (non-hydrogen) atoms. The van der Waals surface area contributed by atoms with Crippen molar-refractivity contribution in [1.82, 2.24) is 4.90 Å². The average Bonchev–Trinajstić information content (AvgIpc) is 2.64. The Morgan fingerprint density at radius 2 is 1.90 bits per heavy atom. The van der Waals surface area contributed by atoms with Crippen LogP contribution in [0.3, 0.4) is 0 Å². The Morgan fingerprint density at radius 3 is 2.48 bits per heavy atom. The molecule has 1 fully saturated rings. The van der Waals surface area contributed by atoms with Crippen LogP contribution < -0.4 is 5.32 Å². The number of nitrogens with one attached hydrogen (secondary N) is 1. The fraction of sp³-hybridized carbons (Fsp3) is 0.458. The first-order valence-electron chi connectivity index (χ1n) is 10.5. The lowest BCUT2D eigenvalue weighted by Crippen LogP contribution is -2.56. The van der Waals surface area contributed by atoms with Gasteiger partial charge in [-0.05, 0) is 45.4 Å². The first-order chi connectivity index (χ1) is 14.5. The largest absolute Gasteiger partial charge is 0.398 e. The third-order valence-electron chi connectivity index (χ3n) is 5.32. The summed E-state index contributed by atoms with van der Waals surface area (Å²) in [6, 6.07) is 8.90. The Morgan fingerprint density at radius 1 is 1.23 bits per heavy atom. The Balaban J connectivity index is 1.70. The summed E-state index contributed by atoms with van der Waals surface area (Å²) in [5.41, 5.74) is 1.97. The highest BCUT2D eigenvalue weighted by Crippen LogP contribution is 2.29. The number of aliphatic hydroxyl groups excluding tert-OH is 1. The van der Waals surface area contributed by atoms with Gasteiger partial charge in [-0.1, -0.05) is 24.3 Å². The summed E-state index contributed by atoms with van der Waals surface area (Å²) in [6.07, 6.45) is 0.639. The second-order valence-corrected chi connectivity index (χ2v) is 9.42. The van der Waals surface area contributed by atoms with E-state index in [1.165, 1.54) is 0 Å². The van der Waals surface area contributed by atoms with Gasteiger partial charge in [0.05, 0.1) is 11.2 Å². The molecule has 0 saturated carbocycles. The number of ether oxygens (including phenoxy) is 1. The van der Waals surface area contributed by atoms with Gasteiger partial charge in [-0.25, -0.2) is 4.39 Å². The van der Waals surface area contributed by atoms with E-state index >= 15 is 0 Å². The maximum absolute atomic E-state index is 14.8. The summed E-state index contributed by atoms with van der Waals surface area (Å²) >= 11 is 0. The molecular formula is C24H30BFN2O3. The quantitative estimate of drug-likeness (QED) is 0.523. The van der Waals surface area contributed by atoms with Crippen LogP contribution in [0.1, 0.15) is 60.7 Å². The summed E-state index contributed by atoms with van der Waals surface area (Å²) < 4.78 is 20.9. The van der Waals surface area contributed by atoms with E-state index in [0.717, 1.165) is 18.7 Å². The van der Waals surface area contributed by atoms with Crippen molar-refractivity contribution in [1.29, 1.82) is 0 Å². The Bertz CT molecular complexity index is 930. The van der Waals surface area contributed by atoms with Crippen LogP contribution in [-0.4, -0.2) is 48.4 Å². The van der Waals surface area contributed by atoms with Crippen molar-refractivity contribution >= 4 is 19.8 Å². The highest BCUT2D eigenvalue weighted by molar-refractivity contribution is 6.12. The van der Waals surface area contributed by atoms with E-state index in [-0.39, 0.29) is 23.6 Å². The monoisotopic (exact) mass is 424 g/mol. The zero-order valence-electron chi connectivity index (χ0n) is 18.6. The molecule has 2 N–H and O–H groups in total. The van der Waals surface area contributed by atoms with Gasteiger partial charge < -0.3 is 15.2 Å². The molecule has 1 unspecified atom stereocenters. The van der Waals surface area contributed by atoms with Crippen LogP contribution in [0.4, 0.5) is 10.1 Å². The summed E-state index contributed by atoms with van der Waals surface area (Å²) in [5, 5.41) is 12.9. The maximum atomic E-state index is 14.8. The molecule has 0 aliphatic carbocycles. The van der Waals surface area contributed by atoms with E-state index in [0.29, 0.717) is 35.2 Å². The molecule has 1 aliphatic heterocycles. The van der Waals surface area contributed by atoms with Gasteiger partial charge >= 0.3 is 0 Å². The van der Waals surface area contributed by atoms with Gasteiger partial charge in [-0.2, -0.15) is 0 Å². The van der Waals surface area contributed by atoms with Gasteiger partial charge in [0, 0.05) is 54.6 Å². The van der Waals surface area contributed by atoms with Crippen molar-refractivity contribution in [2.24, 2.45) is 0 Å². The van der Waals surface area contributed by atoms with E-state index < -0.39 is 6.00 Å². The first kappa shape index (κ1) is 23.4. The maximum Gasteiger partial charge on any atom is 0.150 e. The van der Waals surface area contributed by atoms with Crippen LogP contribution in [0.2, 0.25) is 0 Å². The normalized spacial score (nSPS) is 19.0. The Kier molecular flexibility index (Phi) is 6.89. The van der Waals surface area contributed by atoms with Crippen molar-refractivity contribution in [3.63, 3.8) is 0 Å². The molecule has 0 aromatic heterocycles. The molecule has 1 aliphatic rings. The van der Waals surface area contributed by atoms with Crippen molar-refractivity contribution in [2.45, 2.75) is 58.0 Å². The summed E-state index contributed by atoms with van der Waals surface area (Å²) in [4.78, 5) is 13.5. The molecule has 2 aromatic rings. The SMILES string of the molecule is [B]C(O)c1c(C=O)cccc1NCc1ccc(CN2CC(C)(C)OC(C)(C)C2)cc1F. The van der Waals surface area contributed by atoms with Gasteiger partial charge in [0.15, 0.2) is 0 Å².